The molecule has 0 spiro atoms. The standard InChI is InChI=1S/C14H18N2OS/c1-2-3-8-13(17)15-10-9-14-16-11-6-4-5-7-12(11)18-14/h4-7H,2-3,8-10H2,1H3,(H,15,17). The molecular formula is C14H18N2OS. The summed E-state index contributed by atoms with van der Waals surface area (Å²) in [6.45, 7) is 2.77. The van der Waals surface area contributed by atoms with Crippen molar-refractivity contribution in [1.29, 1.82) is 0 Å². The lowest BCUT2D eigenvalue weighted by molar-refractivity contribution is -0.121. The molecule has 0 saturated heterocycles. The Balaban J connectivity index is 1.81. The quantitative estimate of drug-likeness (QED) is 0.869. The van der Waals surface area contributed by atoms with Crippen molar-refractivity contribution in [3.05, 3.63) is 29.3 Å². The van der Waals surface area contributed by atoms with Crippen LogP contribution in [0.2, 0.25) is 0 Å². The molecule has 18 heavy (non-hydrogen) atoms. The summed E-state index contributed by atoms with van der Waals surface area (Å²) < 4.78 is 1.21. The molecule has 0 radical (unpaired) electrons. The number of nitrogens with zero attached hydrogens (tertiary/aromatic N) is 1. The van der Waals surface area contributed by atoms with Crippen LogP contribution in [0.15, 0.2) is 24.3 Å². The molecule has 0 bridgehead atoms. The van der Waals surface area contributed by atoms with Crippen LogP contribution in [0.25, 0.3) is 10.2 Å². The summed E-state index contributed by atoms with van der Waals surface area (Å²) >= 11 is 1.70. The predicted molar refractivity (Wildman–Crippen MR) is 75.9 cm³/mol. The first-order chi connectivity index (χ1) is 8.79. The van der Waals surface area contributed by atoms with Gasteiger partial charge >= 0.3 is 0 Å². The second kappa shape index (κ2) is 6.50. The van der Waals surface area contributed by atoms with Gasteiger partial charge in [0.2, 0.25) is 5.91 Å². The molecule has 1 aromatic carbocycles. The van der Waals surface area contributed by atoms with Gasteiger partial charge in [0, 0.05) is 19.4 Å². The van der Waals surface area contributed by atoms with E-state index in [2.05, 4.69) is 23.3 Å². The molecule has 0 aliphatic rings. The van der Waals surface area contributed by atoms with Gasteiger partial charge in [-0.1, -0.05) is 25.5 Å². The smallest absolute Gasteiger partial charge is 0.220 e. The van der Waals surface area contributed by atoms with Crippen LogP contribution in [0.1, 0.15) is 31.2 Å². The maximum Gasteiger partial charge on any atom is 0.220 e. The van der Waals surface area contributed by atoms with Gasteiger partial charge < -0.3 is 5.32 Å². The first-order valence-corrected chi connectivity index (χ1v) is 7.22. The second-order valence-electron chi connectivity index (χ2n) is 4.28. The van der Waals surface area contributed by atoms with Crippen LogP contribution in [0.5, 0.6) is 0 Å². The van der Waals surface area contributed by atoms with E-state index >= 15 is 0 Å². The average molecular weight is 262 g/mol. The van der Waals surface area contributed by atoms with Gasteiger partial charge in [0.1, 0.15) is 0 Å². The number of aromatic nitrogens is 1. The maximum atomic E-state index is 11.4. The number of rotatable bonds is 6. The molecule has 0 aliphatic carbocycles. The zero-order valence-electron chi connectivity index (χ0n) is 10.6. The molecule has 2 aromatic rings. The molecule has 3 nitrogen and oxygen atoms in total. The highest BCUT2D eigenvalue weighted by atomic mass is 32.1. The van der Waals surface area contributed by atoms with Crippen LogP contribution in [-0.4, -0.2) is 17.4 Å². The number of unbranched alkanes of at least 4 members (excludes halogenated alkanes) is 1. The summed E-state index contributed by atoms with van der Waals surface area (Å²) in [5.41, 5.74) is 1.05. The molecule has 1 amide bonds. The van der Waals surface area contributed by atoms with Crippen molar-refractivity contribution < 1.29 is 4.79 Å². The third kappa shape index (κ3) is 3.53. The Morgan fingerprint density at radius 1 is 1.39 bits per heavy atom. The number of benzene rings is 1. The predicted octanol–water partition coefficient (Wildman–Crippen LogP) is 3.15. The van der Waals surface area contributed by atoms with Crippen LogP contribution in [0.4, 0.5) is 0 Å². The van der Waals surface area contributed by atoms with Crippen molar-refractivity contribution in [2.24, 2.45) is 0 Å². The van der Waals surface area contributed by atoms with Gasteiger partial charge in [0.15, 0.2) is 0 Å². The molecule has 1 aromatic heterocycles. The number of hydrogen-bond donors (Lipinski definition) is 1. The van der Waals surface area contributed by atoms with E-state index in [1.165, 1.54) is 4.70 Å². The number of nitrogens with one attached hydrogen (secondary N) is 1. The molecule has 2 rings (SSSR count). The topological polar surface area (TPSA) is 42.0 Å². The highest BCUT2D eigenvalue weighted by Crippen LogP contribution is 2.21. The van der Waals surface area contributed by atoms with E-state index in [9.17, 15) is 4.79 Å². The number of carbonyl (C=O) groups is 1. The van der Waals surface area contributed by atoms with E-state index < -0.39 is 0 Å². The normalized spacial score (nSPS) is 10.7. The Morgan fingerprint density at radius 3 is 3.00 bits per heavy atom. The van der Waals surface area contributed by atoms with Gasteiger partial charge in [-0.25, -0.2) is 4.98 Å². The minimum Gasteiger partial charge on any atom is -0.356 e. The van der Waals surface area contributed by atoms with E-state index in [1.54, 1.807) is 11.3 Å². The van der Waals surface area contributed by atoms with E-state index in [-0.39, 0.29) is 5.91 Å². The molecule has 0 saturated carbocycles. The van der Waals surface area contributed by atoms with E-state index in [1.807, 2.05) is 18.2 Å². The van der Waals surface area contributed by atoms with Gasteiger partial charge in [0.25, 0.3) is 0 Å². The van der Waals surface area contributed by atoms with Crippen LogP contribution in [0.3, 0.4) is 0 Å². The minimum absolute atomic E-state index is 0.151. The number of thiazole rings is 1. The van der Waals surface area contributed by atoms with Gasteiger partial charge in [-0.3, -0.25) is 4.79 Å². The first kappa shape index (κ1) is 13.0. The van der Waals surface area contributed by atoms with Crippen molar-refractivity contribution in [3.8, 4) is 0 Å². The number of hydrogen-bond acceptors (Lipinski definition) is 3. The first-order valence-electron chi connectivity index (χ1n) is 6.40. The molecule has 1 heterocycles. The van der Waals surface area contributed by atoms with Crippen molar-refractivity contribution >= 4 is 27.5 Å². The third-order valence-corrected chi connectivity index (χ3v) is 3.85. The lowest BCUT2D eigenvalue weighted by Crippen LogP contribution is -2.25. The van der Waals surface area contributed by atoms with Gasteiger partial charge in [-0.2, -0.15) is 0 Å². The van der Waals surface area contributed by atoms with Crippen LogP contribution < -0.4 is 5.32 Å². The monoisotopic (exact) mass is 262 g/mol. The minimum atomic E-state index is 0.151. The summed E-state index contributed by atoms with van der Waals surface area (Å²) in [4.78, 5) is 16.0. The molecule has 96 valence electrons. The average Bonchev–Trinajstić information content (AvgIpc) is 2.79. The second-order valence-corrected chi connectivity index (χ2v) is 5.39. The highest BCUT2D eigenvalue weighted by molar-refractivity contribution is 7.18. The Bertz CT molecular complexity index is 488. The van der Waals surface area contributed by atoms with Crippen molar-refractivity contribution in [1.82, 2.24) is 10.3 Å². The van der Waals surface area contributed by atoms with Crippen LogP contribution in [0, 0.1) is 0 Å². The van der Waals surface area contributed by atoms with Crippen LogP contribution >= 0.6 is 11.3 Å². The number of fused-ring (bicyclic) bond motifs is 1. The van der Waals surface area contributed by atoms with Crippen molar-refractivity contribution in [3.63, 3.8) is 0 Å². The molecule has 0 fully saturated rings. The largest absolute Gasteiger partial charge is 0.356 e. The van der Waals surface area contributed by atoms with E-state index in [0.717, 1.165) is 29.8 Å². The van der Waals surface area contributed by atoms with Crippen LogP contribution in [-0.2, 0) is 11.2 Å². The van der Waals surface area contributed by atoms with E-state index in [4.69, 9.17) is 0 Å². The molecule has 1 N–H and O–H groups in total. The maximum absolute atomic E-state index is 11.4. The molecule has 0 aliphatic heterocycles. The lowest BCUT2D eigenvalue weighted by atomic mass is 10.2. The number of amides is 1. The number of carbonyl (C=O) groups excluding carboxylic acids is 1. The molecule has 4 heteroatoms. The highest BCUT2D eigenvalue weighted by Gasteiger charge is 2.04. The Kier molecular flexibility index (Phi) is 4.70. The van der Waals surface area contributed by atoms with Gasteiger partial charge in [-0.15, -0.1) is 11.3 Å². The molecular weight excluding hydrogens is 244 g/mol. The fraction of sp³-hybridized carbons (Fsp3) is 0.429. The summed E-state index contributed by atoms with van der Waals surface area (Å²) in [6, 6.07) is 8.13. The molecule has 0 unspecified atom stereocenters. The number of para-hydroxylation sites is 1. The summed E-state index contributed by atoms with van der Waals surface area (Å²) in [5, 5.41) is 4.03. The SMILES string of the molecule is CCCCC(=O)NCCc1nc2ccccc2s1. The summed E-state index contributed by atoms with van der Waals surface area (Å²) in [7, 11) is 0. The fourth-order valence-electron chi connectivity index (χ4n) is 1.76. The molecule has 0 atom stereocenters. The van der Waals surface area contributed by atoms with E-state index in [0.29, 0.717) is 13.0 Å². The zero-order valence-corrected chi connectivity index (χ0v) is 11.4. The van der Waals surface area contributed by atoms with Gasteiger partial charge in [0.05, 0.1) is 15.2 Å². The Hall–Kier alpha value is -1.42. The summed E-state index contributed by atoms with van der Waals surface area (Å²) in [6.07, 6.45) is 3.48. The van der Waals surface area contributed by atoms with Crippen molar-refractivity contribution in [2.45, 2.75) is 32.6 Å². The lowest BCUT2D eigenvalue weighted by Gasteiger charge is -2.02. The fourth-order valence-corrected chi connectivity index (χ4v) is 2.73. The van der Waals surface area contributed by atoms with Gasteiger partial charge in [-0.05, 0) is 18.6 Å². The van der Waals surface area contributed by atoms with Crippen molar-refractivity contribution in [2.75, 3.05) is 6.54 Å². The third-order valence-electron chi connectivity index (χ3n) is 2.76. The Morgan fingerprint density at radius 2 is 2.22 bits per heavy atom. The summed E-state index contributed by atoms with van der Waals surface area (Å²) in [5.74, 6) is 0.151. The zero-order chi connectivity index (χ0) is 12.8. The Labute approximate surface area is 111 Å².